The Labute approximate surface area is 316 Å². The van der Waals surface area contributed by atoms with E-state index in [2.05, 4.69) is 10.6 Å². The van der Waals surface area contributed by atoms with E-state index in [0.29, 0.717) is 77.5 Å². The molecule has 0 saturated carbocycles. The van der Waals surface area contributed by atoms with Gasteiger partial charge in [-0.2, -0.15) is 0 Å². The van der Waals surface area contributed by atoms with E-state index in [9.17, 15) is 33.4 Å². The lowest BCUT2D eigenvalue weighted by molar-refractivity contribution is -0.0396. The molecule has 1 saturated heterocycles. The van der Waals surface area contributed by atoms with Crippen molar-refractivity contribution < 1.29 is 33.4 Å². The summed E-state index contributed by atoms with van der Waals surface area (Å²) in [6.45, 7) is 1.31. The summed E-state index contributed by atoms with van der Waals surface area (Å²) in [6, 6.07) is 29.1. The maximum absolute atomic E-state index is 14.7. The Morgan fingerprint density at radius 1 is 0.537 bits per heavy atom. The van der Waals surface area contributed by atoms with Crippen molar-refractivity contribution in [2.24, 2.45) is 0 Å². The number of nitrogens with zero attached hydrogens (tertiary/aromatic N) is 2. The van der Waals surface area contributed by atoms with Crippen LogP contribution in [0.2, 0.25) is 0 Å². The molecule has 9 nitrogen and oxygen atoms in total. The highest BCUT2D eigenvalue weighted by molar-refractivity contribution is 5.94. The molecule has 4 N–H and O–H groups in total. The Morgan fingerprint density at radius 3 is 1.30 bits per heavy atom. The van der Waals surface area contributed by atoms with Gasteiger partial charge in [-0.15, -0.1) is 0 Å². The highest BCUT2D eigenvalue weighted by Crippen LogP contribution is 2.28. The van der Waals surface area contributed by atoms with Crippen LogP contribution >= 0.6 is 0 Å². The Balaban J connectivity index is 1.27. The van der Waals surface area contributed by atoms with Gasteiger partial charge in [0.1, 0.15) is 23.8 Å². The van der Waals surface area contributed by atoms with Gasteiger partial charge >= 0.3 is 6.03 Å². The number of amides is 4. The molecule has 0 aliphatic carbocycles. The number of unbranched alkanes of at least 4 members (excludes halogenated alkanes) is 4. The van der Waals surface area contributed by atoms with Crippen molar-refractivity contribution in [3.05, 3.63) is 143 Å². The number of carbonyl (C=O) groups excluding carboxylic acids is 3. The number of aliphatic hydroxyl groups is 2. The molecule has 11 heteroatoms. The zero-order valence-corrected chi connectivity index (χ0v) is 30.5. The summed E-state index contributed by atoms with van der Waals surface area (Å²) in [5.74, 6) is -2.13. The zero-order valence-electron chi connectivity index (χ0n) is 30.5. The summed E-state index contributed by atoms with van der Waals surface area (Å²) < 4.78 is 28.1. The van der Waals surface area contributed by atoms with Gasteiger partial charge in [0.2, 0.25) is 0 Å². The molecule has 4 amide bonds. The van der Waals surface area contributed by atoms with Gasteiger partial charge in [0.05, 0.1) is 23.2 Å². The minimum atomic E-state index is -1.23. The molecular formula is C43H50F2N4O5. The lowest BCUT2D eigenvalue weighted by Gasteiger charge is -2.36. The highest BCUT2D eigenvalue weighted by Gasteiger charge is 2.45. The highest BCUT2D eigenvalue weighted by atomic mass is 19.1. The standard InChI is InChI=1S/C43H50F2N4O5/c44-35-23-11-9-21-33(35)41(52)46-25-13-3-15-27-48-37(29-31-17-5-1-6-18-31)39(50)40(51)38(30-32-19-7-2-8-20-32)49(43(48)54)28-16-4-14-26-47-42(53)34-22-10-12-24-36(34)45/h1-2,5-12,17-24,37-40,50-51H,3-4,13-16,25-30H2,(H,46,52)(H,47,53)/t37-,38-,39+,40+/m1/s1. The number of rotatable bonds is 18. The normalized spacial score (nSPS) is 18.6. The molecule has 0 unspecified atom stereocenters. The lowest BCUT2D eigenvalue weighted by atomic mass is 9.91. The molecule has 54 heavy (non-hydrogen) atoms. The fraction of sp³-hybridized carbons (Fsp3) is 0.372. The van der Waals surface area contributed by atoms with Crippen molar-refractivity contribution in [2.75, 3.05) is 26.2 Å². The summed E-state index contributed by atoms with van der Waals surface area (Å²) in [5.41, 5.74) is 1.82. The van der Waals surface area contributed by atoms with Crippen LogP contribution in [0.3, 0.4) is 0 Å². The second-order valence-corrected chi connectivity index (χ2v) is 13.8. The van der Waals surface area contributed by atoms with Gasteiger partial charge in [0.15, 0.2) is 0 Å². The van der Waals surface area contributed by atoms with Crippen LogP contribution in [0.1, 0.15) is 70.4 Å². The number of aliphatic hydroxyl groups excluding tert-OH is 2. The Kier molecular flexibility index (Phi) is 15.1. The predicted molar refractivity (Wildman–Crippen MR) is 204 cm³/mol. The maximum atomic E-state index is 14.7. The van der Waals surface area contributed by atoms with Crippen LogP contribution in [0, 0.1) is 11.6 Å². The second-order valence-electron chi connectivity index (χ2n) is 13.8. The molecule has 1 aliphatic rings. The lowest BCUT2D eigenvalue weighted by Crippen LogP contribution is -2.51. The van der Waals surface area contributed by atoms with Gasteiger partial charge in [-0.3, -0.25) is 9.59 Å². The first-order chi connectivity index (χ1) is 26.2. The van der Waals surface area contributed by atoms with Crippen LogP contribution in [0.15, 0.2) is 109 Å². The van der Waals surface area contributed by atoms with E-state index in [1.165, 1.54) is 36.4 Å². The van der Waals surface area contributed by atoms with E-state index >= 15 is 0 Å². The average Bonchev–Trinajstić information content (AvgIpc) is 3.24. The molecule has 1 heterocycles. The molecule has 1 aliphatic heterocycles. The van der Waals surface area contributed by atoms with E-state index in [-0.39, 0.29) is 17.2 Å². The minimum absolute atomic E-state index is 0.0126. The van der Waals surface area contributed by atoms with Crippen LogP contribution in [0.4, 0.5) is 13.6 Å². The molecule has 5 rings (SSSR count). The zero-order chi connectivity index (χ0) is 38.3. The van der Waals surface area contributed by atoms with E-state index < -0.39 is 47.7 Å². The third-order valence-electron chi connectivity index (χ3n) is 9.97. The second kappa shape index (κ2) is 20.4. The number of urea groups is 1. The molecule has 0 radical (unpaired) electrons. The van der Waals surface area contributed by atoms with Gasteiger partial charge in [-0.25, -0.2) is 13.6 Å². The molecule has 4 atom stereocenters. The summed E-state index contributed by atoms with van der Waals surface area (Å²) in [4.78, 5) is 43.0. The van der Waals surface area contributed by atoms with Crippen molar-refractivity contribution >= 4 is 17.8 Å². The van der Waals surface area contributed by atoms with Crippen LogP contribution in [-0.4, -0.2) is 88.3 Å². The van der Waals surface area contributed by atoms with Crippen LogP contribution in [0.25, 0.3) is 0 Å². The van der Waals surface area contributed by atoms with Crippen molar-refractivity contribution in [3.8, 4) is 0 Å². The van der Waals surface area contributed by atoms with Gasteiger partial charge in [0.25, 0.3) is 11.8 Å². The number of hydrogen-bond acceptors (Lipinski definition) is 5. The van der Waals surface area contributed by atoms with Crippen LogP contribution in [0.5, 0.6) is 0 Å². The fourth-order valence-corrected chi connectivity index (χ4v) is 7.02. The third kappa shape index (κ3) is 11.0. The Hall–Kier alpha value is -5.13. The van der Waals surface area contributed by atoms with E-state index in [1.807, 2.05) is 60.7 Å². The Bertz CT molecular complexity index is 1670. The molecule has 4 aromatic carbocycles. The summed E-state index contributed by atoms with van der Waals surface area (Å²) in [7, 11) is 0. The maximum Gasteiger partial charge on any atom is 0.320 e. The summed E-state index contributed by atoms with van der Waals surface area (Å²) in [5, 5.41) is 29.2. The minimum Gasteiger partial charge on any atom is -0.388 e. The predicted octanol–water partition coefficient (Wildman–Crippen LogP) is 6.15. The molecule has 286 valence electrons. The number of carbonyl (C=O) groups is 3. The van der Waals surface area contributed by atoms with Gasteiger partial charge in [-0.05, 0) is 86.8 Å². The van der Waals surface area contributed by atoms with E-state index in [1.54, 1.807) is 21.9 Å². The molecule has 0 aromatic heterocycles. The van der Waals surface area contributed by atoms with Gasteiger partial charge in [-0.1, -0.05) is 84.9 Å². The summed E-state index contributed by atoms with van der Waals surface area (Å²) in [6.07, 6.45) is 1.89. The first-order valence-corrected chi connectivity index (χ1v) is 18.8. The molecule has 0 bridgehead atoms. The number of halogens is 2. The largest absolute Gasteiger partial charge is 0.388 e. The van der Waals surface area contributed by atoms with Gasteiger partial charge in [0, 0.05) is 26.2 Å². The smallest absolute Gasteiger partial charge is 0.320 e. The van der Waals surface area contributed by atoms with E-state index in [4.69, 9.17) is 0 Å². The summed E-state index contributed by atoms with van der Waals surface area (Å²) >= 11 is 0. The Morgan fingerprint density at radius 2 is 0.907 bits per heavy atom. The molecule has 1 fully saturated rings. The monoisotopic (exact) mass is 740 g/mol. The molecule has 4 aromatic rings. The number of hydrogen-bond donors (Lipinski definition) is 4. The number of benzene rings is 4. The third-order valence-corrected chi connectivity index (χ3v) is 9.97. The van der Waals surface area contributed by atoms with Gasteiger partial charge < -0.3 is 30.6 Å². The van der Waals surface area contributed by atoms with Crippen molar-refractivity contribution in [1.82, 2.24) is 20.4 Å². The first-order valence-electron chi connectivity index (χ1n) is 18.8. The van der Waals surface area contributed by atoms with Crippen LogP contribution < -0.4 is 10.6 Å². The topological polar surface area (TPSA) is 122 Å². The van der Waals surface area contributed by atoms with Crippen molar-refractivity contribution in [1.29, 1.82) is 0 Å². The van der Waals surface area contributed by atoms with Crippen molar-refractivity contribution in [3.63, 3.8) is 0 Å². The van der Waals surface area contributed by atoms with Crippen molar-refractivity contribution in [2.45, 2.75) is 75.7 Å². The fourth-order valence-electron chi connectivity index (χ4n) is 7.02. The van der Waals surface area contributed by atoms with E-state index in [0.717, 1.165) is 11.1 Å². The first kappa shape index (κ1) is 40.1. The SMILES string of the molecule is O=C(NCCCCCN1C(=O)N(CCCCCNC(=O)c2ccccc2F)[C@H](Cc2ccccc2)[C@H](O)[C@@H](O)[C@H]1Cc1ccccc1)c1ccccc1F. The quantitative estimate of drug-likeness (QED) is 0.0913. The average molecular weight is 741 g/mol. The van der Waals surface area contributed by atoms with Crippen LogP contribution in [-0.2, 0) is 12.8 Å². The number of nitrogens with one attached hydrogen (secondary N) is 2. The molecule has 0 spiro atoms. The molecular weight excluding hydrogens is 690 g/mol.